The highest BCUT2D eigenvalue weighted by atomic mass is 16.5. The summed E-state index contributed by atoms with van der Waals surface area (Å²) in [6.45, 7) is 1.26. The van der Waals surface area contributed by atoms with E-state index in [0.717, 1.165) is 25.0 Å². The van der Waals surface area contributed by atoms with E-state index in [1.807, 2.05) is 36.4 Å². The first-order valence-electron chi connectivity index (χ1n) is 7.86. The minimum atomic E-state index is -0.811. The SMILES string of the molecule is O=C(O)N1CCC(Cc2cccc(Oc3ccccn3)c2)CC1. The van der Waals surface area contributed by atoms with E-state index < -0.39 is 6.09 Å². The van der Waals surface area contributed by atoms with Crippen LogP contribution < -0.4 is 4.74 Å². The van der Waals surface area contributed by atoms with Crippen molar-refractivity contribution in [2.45, 2.75) is 19.3 Å². The molecule has 1 aromatic carbocycles. The normalized spacial score (nSPS) is 15.4. The highest BCUT2D eigenvalue weighted by molar-refractivity contribution is 5.64. The van der Waals surface area contributed by atoms with Crippen molar-refractivity contribution in [3.05, 3.63) is 54.2 Å². The van der Waals surface area contributed by atoms with E-state index in [-0.39, 0.29) is 0 Å². The number of carboxylic acid groups (broad SMARTS) is 1. The summed E-state index contributed by atoms with van der Waals surface area (Å²) in [7, 11) is 0. The van der Waals surface area contributed by atoms with E-state index in [1.54, 1.807) is 6.20 Å². The summed E-state index contributed by atoms with van der Waals surface area (Å²) < 4.78 is 5.76. The van der Waals surface area contributed by atoms with Crippen molar-refractivity contribution < 1.29 is 14.6 Å². The number of likely N-dealkylation sites (tertiary alicyclic amines) is 1. The first kappa shape index (κ1) is 15.3. The van der Waals surface area contributed by atoms with Crippen LogP contribution in [0.4, 0.5) is 4.79 Å². The second-order valence-corrected chi connectivity index (χ2v) is 5.83. The zero-order chi connectivity index (χ0) is 16.1. The molecule has 1 N–H and O–H groups in total. The number of pyridine rings is 1. The topological polar surface area (TPSA) is 62.7 Å². The van der Waals surface area contributed by atoms with Crippen molar-refractivity contribution in [1.82, 2.24) is 9.88 Å². The van der Waals surface area contributed by atoms with E-state index in [2.05, 4.69) is 11.1 Å². The third-order valence-electron chi connectivity index (χ3n) is 4.17. The van der Waals surface area contributed by atoms with Gasteiger partial charge in [0.1, 0.15) is 5.75 Å². The number of benzene rings is 1. The molecule has 5 heteroatoms. The second kappa shape index (κ2) is 7.13. The molecule has 1 aliphatic rings. The summed E-state index contributed by atoms with van der Waals surface area (Å²) >= 11 is 0. The molecule has 2 heterocycles. The average Bonchev–Trinajstić information content (AvgIpc) is 2.57. The molecular weight excluding hydrogens is 292 g/mol. The van der Waals surface area contributed by atoms with Gasteiger partial charge in [0.25, 0.3) is 0 Å². The minimum Gasteiger partial charge on any atom is -0.465 e. The van der Waals surface area contributed by atoms with Gasteiger partial charge in [-0.25, -0.2) is 9.78 Å². The maximum absolute atomic E-state index is 10.9. The fourth-order valence-corrected chi connectivity index (χ4v) is 2.93. The molecule has 23 heavy (non-hydrogen) atoms. The van der Waals surface area contributed by atoms with Gasteiger partial charge in [-0.2, -0.15) is 0 Å². The third kappa shape index (κ3) is 4.22. The van der Waals surface area contributed by atoms with Crippen LogP contribution >= 0.6 is 0 Å². The molecular formula is C18H20N2O3. The number of hydrogen-bond acceptors (Lipinski definition) is 3. The summed E-state index contributed by atoms with van der Waals surface area (Å²) in [5.41, 5.74) is 1.22. The molecule has 1 saturated heterocycles. The van der Waals surface area contributed by atoms with Crippen molar-refractivity contribution in [3.63, 3.8) is 0 Å². The summed E-state index contributed by atoms with van der Waals surface area (Å²) in [4.78, 5) is 16.6. The van der Waals surface area contributed by atoms with Crippen molar-refractivity contribution in [3.8, 4) is 11.6 Å². The zero-order valence-electron chi connectivity index (χ0n) is 12.9. The van der Waals surface area contributed by atoms with Crippen molar-refractivity contribution >= 4 is 6.09 Å². The zero-order valence-corrected chi connectivity index (χ0v) is 12.9. The predicted molar refractivity (Wildman–Crippen MR) is 86.8 cm³/mol. The highest BCUT2D eigenvalue weighted by Crippen LogP contribution is 2.25. The van der Waals surface area contributed by atoms with Crippen molar-refractivity contribution in [1.29, 1.82) is 0 Å². The average molecular weight is 312 g/mol. The molecule has 1 aromatic heterocycles. The lowest BCUT2D eigenvalue weighted by Gasteiger charge is -2.30. The molecule has 2 aromatic rings. The lowest BCUT2D eigenvalue weighted by atomic mass is 9.90. The molecule has 1 amide bonds. The van der Waals surface area contributed by atoms with E-state index in [4.69, 9.17) is 9.84 Å². The molecule has 0 unspecified atom stereocenters. The molecule has 0 bridgehead atoms. The minimum absolute atomic E-state index is 0.524. The highest BCUT2D eigenvalue weighted by Gasteiger charge is 2.22. The van der Waals surface area contributed by atoms with Crippen molar-refractivity contribution in [2.24, 2.45) is 5.92 Å². The standard InChI is InChI=1S/C18H20N2O3/c21-18(22)20-10-7-14(8-11-20)12-15-4-3-5-16(13-15)23-17-6-1-2-9-19-17/h1-6,9,13-14H,7-8,10-12H2,(H,21,22). The van der Waals surface area contributed by atoms with Crippen LogP contribution in [0, 0.1) is 5.92 Å². The summed E-state index contributed by atoms with van der Waals surface area (Å²) in [5.74, 6) is 1.89. The Hall–Kier alpha value is -2.56. The molecule has 5 nitrogen and oxygen atoms in total. The molecule has 0 saturated carbocycles. The van der Waals surface area contributed by atoms with E-state index in [9.17, 15) is 4.79 Å². The number of ether oxygens (including phenoxy) is 1. The van der Waals surface area contributed by atoms with Gasteiger partial charge in [-0.15, -0.1) is 0 Å². The van der Waals surface area contributed by atoms with E-state index >= 15 is 0 Å². The lowest BCUT2D eigenvalue weighted by molar-refractivity contribution is 0.124. The number of hydrogen-bond donors (Lipinski definition) is 1. The van der Waals surface area contributed by atoms with Crippen LogP contribution in [-0.4, -0.2) is 34.2 Å². The van der Waals surface area contributed by atoms with Gasteiger partial charge in [0, 0.05) is 25.4 Å². The number of carbonyl (C=O) groups is 1. The summed E-state index contributed by atoms with van der Waals surface area (Å²) in [5, 5.41) is 8.99. The molecule has 0 spiro atoms. The first-order valence-corrected chi connectivity index (χ1v) is 7.86. The Morgan fingerprint density at radius 2 is 2.04 bits per heavy atom. The molecule has 0 radical (unpaired) electrons. The molecule has 0 atom stereocenters. The Morgan fingerprint density at radius 1 is 1.22 bits per heavy atom. The number of rotatable bonds is 4. The van der Waals surface area contributed by atoms with Gasteiger partial charge in [0.15, 0.2) is 0 Å². The smallest absolute Gasteiger partial charge is 0.407 e. The molecule has 1 fully saturated rings. The van der Waals surface area contributed by atoms with E-state index in [0.29, 0.717) is 24.9 Å². The summed E-state index contributed by atoms with van der Waals surface area (Å²) in [6, 6.07) is 13.6. The Kier molecular flexibility index (Phi) is 4.76. The van der Waals surface area contributed by atoms with Crippen LogP contribution in [0.5, 0.6) is 11.6 Å². The predicted octanol–water partition coefficient (Wildman–Crippen LogP) is 3.81. The Morgan fingerprint density at radius 3 is 2.74 bits per heavy atom. The molecule has 120 valence electrons. The quantitative estimate of drug-likeness (QED) is 0.932. The molecule has 3 rings (SSSR count). The Bertz CT molecular complexity index is 652. The van der Waals surface area contributed by atoms with Crippen molar-refractivity contribution in [2.75, 3.05) is 13.1 Å². The fraction of sp³-hybridized carbons (Fsp3) is 0.333. The van der Waals surface area contributed by atoms with Gasteiger partial charge >= 0.3 is 6.09 Å². The van der Waals surface area contributed by atoms with Gasteiger partial charge in [0.2, 0.25) is 5.88 Å². The van der Waals surface area contributed by atoms with Crippen LogP contribution in [0.3, 0.4) is 0 Å². The second-order valence-electron chi connectivity index (χ2n) is 5.83. The van der Waals surface area contributed by atoms with Gasteiger partial charge < -0.3 is 14.7 Å². The maximum atomic E-state index is 10.9. The Balaban J connectivity index is 1.59. The van der Waals surface area contributed by atoms with Crippen LogP contribution in [0.25, 0.3) is 0 Å². The maximum Gasteiger partial charge on any atom is 0.407 e. The molecule has 0 aliphatic carbocycles. The number of aromatic nitrogens is 1. The number of amides is 1. The summed E-state index contributed by atoms with van der Waals surface area (Å²) in [6.07, 6.45) is 3.67. The number of nitrogens with zero attached hydrogens (tertiary/aromatic N) is 2. The monoisotopic (exact) mass is 312 g/mol. The van der Waals surface area contributed by atoms with E-state index in [1.165, 1.54) is 10.5 Å². The van der Waals surface area contributed by atoms with Gasteiger partial charge in [-0.05, 0) is 48.9 Å². The lowest BCUT2D eigenvalue weighted by Crippen LogP contribution is -2.37. The van der Waals surface area contributed by atoms with Crippen LogP contribution in [0.15, 0.2) is 48.7 Å². The first-order chi connectivity index (χ1) is 11.2. The Labute approximate surface area is 135 Å². The largest absolute Gasteiger partial charge is 0.465 e. The van der Waals surface area contributed by atoms with Crippen LogP contribution in [0.1, 0.15) is 18.4 Å². The fourth-order valence-electron chi connectivity index (χ4n) is 2.93. The molecule has 1 aliphatic heterocycles. The van der Waals surface area contributed by atoms with Gasteiger partial charge in [0.05, 0.1) is 0 Å². The van der Waals surface area contributed by atoms with Gasteiger partial charge in [-0.1, -0.05) is 18.2 Å². The van der Waals surface area contributed by atoms with Crippen LogP contribution in [-0.2, 0) is 6.42 Å². The van der Waals surface area contributed by atoms with Gasteiger partial charge in [-0.3, -0.25) is 0 Å². The third-order valence-corrected chi connectivity index (χ3v) is 4.17. The van der Waals surface area contributed by atoms with Crippen LogP contribution in [0.2, 0.25) is 0 Å². The number of piperidine rings is 1.